The maximum atomic E-state index is 12.8. The van der Waals surface area contributed by atoms with E-state index in [9.17, 15) is 4.79 Å². The van der Waals surface area contributed by atoms with Crippen molar-refractivity contribution in [1.29, 1.82) is 0 Å². The molecule has 1 aromatic carbocycles. The molecular formula is C16H21N3O3. The molecule has 2 aromatic rings. The van der Waals surface area contributed by atoms with Crippen LogP contribution in [0.3, 0.4) is 0 Å². The van der Waals surface area contributed by atoms with E-state index in [1.54, 1.807) is 31.2 Å². The molecule has 0 unspecified atom stereocenters. The van der Waals surface area contributed by atoms with Crippen LogP contribution >= 0.6 is 0 Å². The van der Waals surface area contributed by atoms with Crippen molar-refractivity contribution in [3.05, 3.63) is 28.7 Å². The molecule has 1 aromatic heterocycles. The minimum absolute atomic E-state index is 0.119. The average Bonchev–Trinajstić information content (AvgIpc) is 2.57. The molecule has 0 atom stereocenters. The third-order valence-electron chi connectivity index (χ3n) is 4.25. The maximum absolute atomic E-state index is 12.8. The number of rotatable bonds is 4. The van der Waals surface area contributed by atoms with E-state index < -0.39 is 0 Å². The Morgan fingerprint density at radius 3 is 2.73 bits per heavy atom. The predicted octanol–water partition coefficient (Wildman–Crippen LogP) is 1.41. The Hall–Kier alpha value is -2.08. The first-order chi connectivity index (χ1) is 10.7. The zero-order valence-electron chi connectivity index (χ0n) is 13.0. The monoisotopic (exact) mass is 303 g/mol. The first kappa shape index (κ1) is 14.8. The summed E-state index contributed by atoms with van der Waals surface area (Å²) in [6.45, 7) is 2.66. The van der Waals surface area contributed by atoms with Gasteiger partial charge in [-0.3, -0.25) is 4.79 Å². The number of nitrogens with one attached hydrogen (secondary N) is 1. The molecule has 118 valence electrons. The molecule has 6 heteroatoms. The highest BCUT2D eigenvalue weighted by atomic mass is 16.5. The number of ether oxygens (including phenoxy) is 2. The molecule has 0 spiro atoms. The normalized spacial score (nSPS) is 15.9. The fourth-order valence-electron chi connectivity index (χ4n) is 3.02. The third-order valence-corrected chi connectivity index (χ3v) is 4.25. The molecule has 22 heavy (non-hydrogen) atoms. The van der Waals surface area contributed by atoms with Crippen LogP contribution < -0.4 is 20.3 Å². The Morgan fingerprint density at radius 2 is 2.05 bits per heavy atom. The second-order valence-corrected chi connectivity index (χ2v) is 5.59. The summed E-state index contributed by atoms with van der Waals surface area (Å²) >= 11 is 0. The van der Waals surface area contributed by atoms with Gasteiger partial charge in [0, 0.05) is 11.9 Å². The molecule has 0 saturated carbocycles. The van der Waals surface area contributed by atoms with Gasteiger partial charge in [0.25, 0.3) is 5.56 Å². The van der Waals surface area contributed by atoms with Gasteiger partial charge in [-0.05, 0) is 44.0 Å². The summed E-state index contributed by atoms with van der Waals surface area (Å²) in [5, 5.41) is 8.95. The van der Waals surface area contributed by atoms with E-state index >= 15 is 0 Å². The predicted molar refractivity (Wildman–Crippen MR) is 84.7 cm³/mol. The lowest BCUT2D eigenvalue weighted by atomic mass is 9.98. The zero-order valence-corrected chi connectivity index (χ0v) is 13.0. The fraction of sp³-hybridized carbons (Fsp3) is 0.500. The van der Waals surface area contributed by atoms with Gasteiger partial charge in [-0.25, -0.2) is 4.68 Å². The van der Waals surface area contributed by atoms with Gasteiger partial charge in [0.15, 0.2) is 11.5 Å². The molecule has 1 N–H and O–H groups in total. The highest BCUT2D eigenvalue weighted by molar-refractivity contribution is 5.89. The Bertz CT molecular complexity index is 720. The standard InChI is InChI=1S/C16H21N3O3/c1-21-13-4-3-12-9-18-19(10-11-5-7-17-8-6-11)16(20)14(12)15(13)22-2/h3-4,9,11,17H,5-8,10H2,1-2H3. The molecule has 1 saturated heterocycles. The molecule has 0 bridgehead atoms. The quantitative estimate of drug-likeness (QED) is 0.925. The smallest absolute Gasteiger partial charge is 0.278 e. The largest absolute Gasteiger partial charge is 0.493 e. The van der Waals surface area contributed by atoms with Gasteiger partial charge in [-0.15, -0.1) is 0 Å². The van der Waals surface area contributed by atoms with Crippen molar-refractivity contribution >= 4 is 10.8 Å². The highest BCUT2D eigenvalue weighted by Gasteiger charge is 2.18. The molecule has 0 radical (unpaired) electrons. The highest BCUT2D eigenvalue weighted by Crippen LogP contribution is 2.32. The molecule has 1 fully saturated rings. The Balaban J connectivity index is 2.05. The molecule has 6 nitrogen and oxygen atoms in total. The summed E-state index contributed by atoms with van der Waals surface area (Å²) in [6.07, 6.45) is 3.86. The van der Waals surface area contributed by atoms with Gasteiger partial charge in [-0.2, -0.15) is 5.10 Å². The van der Waals surface area contributed by atoms with Gasteiger partial charge in [0.05, 0.1) is 25.8 Å². The van der Waals surface area contributed by atoms with Crippen LogP contribution in [0.2, 0.25) is 0 Å². The van der Waals surface area contributed by atoms with Gasteiger partial charge >= 0.3 is 0 Å². The molecule has 0 aliphatic carbocycles. The lowest BCUT2D eigenvalue weighted by Crippen LogP contribution is -2.33. The Labute approximate surface area is 129 Å². The molecule has 1 aliphatic rings. The zero-order chi connectivity index (χ0) is 15.5. The van der Waals surface area contributed by atoms with Crippen LogP contribution in [0.1, 0.15) is 12.8 Å². The molecule has 2 heterocycles. The minimum atomic E-state index is -0.119. The molecule has 3 rings (SSSR count). The van der Waals surface area contributed by atoms with Crippen LogP contribution in [0.25, 0.3) is 10.8 Å². The summed E-state index contributed by atoms with van der Waals surface area (Å²) in [6, 6.07) is 3.62. The Kier molecular flexibility index (Phi) is 4.29. The van der Waals surface area contributed by atoms with Crippen LogP contribution in [0.5, 0.6) is 11.5 Å². The van der Waals surface area contributed by atoms with E-state index in [4.69, 9.17) is 9.47 Å². The molecular weight excluding hydrogens is 282 g/mol. The van der Waals surface area contributed by atoms with Crippen molar-refractivity contribution in [2.45, 2.75) is 19.4 Å². The van der Waals surface area contributed by atoms with Gasteiger partial charge in [-0.1, -0.05) is 0 Å². The molecule has 0 amide bonds. The number of aromatic nitrogens is 2. The van der Waals surface area contributed by atoms with Crippen molar-refractivity contribution in [1.82, 2.24) is 15.1 Å². The summed E-state index contributed by atoms with van der Waals surface area (Å²) in [5.74, 6) is 1.53. The first-order valence-corrected chi connectivity index (χ1v) is 7.56. The fourth-order valence-corrected chi connectivity index (χ4v) is 3.02. The van der Waals surface area contributed by atoms with E-state index in [1.165, 1.54) is 0 Å². The van der Waals surface area contributed by atoms with Crippen LogP contribution in [0, 0.1) is 5.92 Å². The lowest BCUT2D eigenvalue weighted by Gasteiger charge is -2.22. The van der Waals surface area contributed by atoms with Gasteiger partial charge in [0.2, 0.25) is 0 Å². The SMILES string of the molecule is COc1ccc2cnn(CC3CCNCC3)c(=O)c2c1OC. The number of fused-ring (bicyclic) bond motifs is 1. The summed E-state index contributed by atoms with van der Waals surface area (Å²) < 4.78 is 12.2. The van der Waals surface area contributed by atoms with E-state index in [1.807, 2.05) is 6.07 Å². The number of nitrogens with zero attached hydrogens (tertiary/aromatic N) is 2. The van der Waals surface area contributed by atoms with Crippen LogP contribution in [0.15, 0.2) is 23.1 Å². The van der Waals surface area contributed by atoms with Crippen LogP contribution in [0.4, 0.5) is 0 Å². The van der Waals surface area contributed by atoms with Crippen molar-refractivity contribution in [3.8, 4) is 11.5 Å². The van der Waals surface area contributed by atoms with Crippen molar-refractivity contribution < 1.29 is 9.47 Å². The number of piperidine rings is 1. The second-order valence-electron chi connectivity index (χ2n) is 5.59. The lowest BCUT2D eigenvalue weighted by molar-refractivity contribution is 0.315. The Morgan fingerprint density at radius 1 is 1.27 bits per heavy atom. The maximum Gasteiger partial charge on any atom is 0.278 e. The minimum Gasteiger partial charge on any atom is -0.493 e. The van der Waals surface area contributed by atoms with Gasteiger partial charge < -0.3 is 14.8 Å². The average molecular weight is 303 g/mol. The second kappa shape index (κ2) is 6.36. The third kappa shape index (κ3) is 2.66. The number of hydrogen-bond acceptors (Lipinski definition) is 5. The van der Waals surface area contributed by atoms with E-state index in [0.29, 0.717) is 29.3 Å². The number of hydrogen-bond donors (Lipinski definition) is 1. The van der Waals surface area contributed by atoms with E-state index in [2.05, 4.69) is 10.4 Å². The first-order valence-electron chi connectivity index (χ1n) is 7.56. The van der Waals surface area contributed by atoms with E-state index in [-0.39, 0.29) is 5.56 Å². The van der Waals surface area contributed by atoms with Crippen molar-refractivity contribution in [3.63, 3.8) is 0 Å². The van der Waals surface area contributed by atoms with Crippen LogP contribution in [-0.4, -0.2) is 37.1 Å². The van der Waals surface area contributed by atoms with Crippen LogP contribution in [-0.2, 0) is 6.54 Å². The summed E-state index contributed by atoms with van der Waals surface area (Å²) in [5.41, 5.74) is -0.119. The molecule has 1 aliphatic heterocycles. The summed E-state index contributed by atoms with van der Waals surface area (Å²) in [7, 11) is 3.12. The van der Waals surface area contributed by atoms with E-state index in [0.717, 1.165) is 31.3 Å². The number of benzene rings is 1. The van der Waals surface area contributed by atoms with Crippen molar-refractivity contribution in [2.75, 3.05) is 27.3 Å². The topological polar surface area (TPSA) is 65.4 Å². The van der Waals surface area contributed by atoms with Crippen molar-refractivity contribution in [2.24, 2.45) is 5.92 Å². The summed E-state index contributed by atoms with van der Waals surface area (Å²) in [4.78, 5) is 12.8. The van der Waals surface area contributed by atoms with Gasteiger partial charge in [0.1, 0.15) is 0 Å². The number of methoxy groups -OCH3 is 2.